The monoisotopic (exact) mass is 441 g/mol. The molecule has 0 unspecified atom stereocenters. The van der Waals surface area contributed by atoms with Gasteiger partial charge in [-0.1, -0.05) is 11.6 Å². The van der Waals surface area contributed by atoms with Crippen molar-refractivity contribution in [2.75, 3.05) is 41.3 Å². The van der Waals surface area contributed by atoms with Gasteiger partial charge >= 0.3 is 0 Å². The van der Waals surface area contributed by atoms with Gasteiger partial charge in [0.25, 0.3) is 0 Å². The van der Waals surface area contributed by atoms with Crippen molar-refractivity contribution in [3.05, 3.63) is 64.9 Å². The third-order valence-corrected chi connectivity index (χ3v) is 6.29. The first-order chi connectivity index (χ1) is 15.1. The zero-order valence-electron chi connectivity index (χ0n) is 16.9. The number of rotatable bonds is 4. The molecule has 5 nitrogen and oxygen atoms in total. The number of halogens is 3. The zero-order chi connectivity index (χ0) is 21.4. The van der Waals surface area contributed by atoms with Crippen molar-refractivity contribution in [1.29, 1.82) is 0 Å². The maximum atomic E-state index is 14.4. The molecule has 1 saturated heterocycles. The maximum absolute atomic E-state index is 14.4. The first-order valence-corrected chi connectivity index (χ1v) is 10.8. The Morgan fingerprint density at radius 3 is 2.61 bits per heavy atom. The van der Waals surface area contributed by atoms with Crippen LogP contribution in [0, 0.1) is 11.6 Å². The number of aromatic nitrogens is 2. The number of hydrogen-bond acceptors (Lipinski definition) is 5. The van der Waals surface area contributed by atoms with E-state index in [1.54, 1.807) is 0 Å². The average molecular weight is 442 g/mol. The molecule has 2 aromatic heterocycles. The summed E-state index contributed by atoms with van der Waals surface area (Å²) >= 11 is 6.07. The van der Waals surface area contributed by atoms with E-state index in [2.05, 4.69) is 26.3 Å². The van der Waals surface area contributed by atoms with Crippen molar-refractivity contribution in [3.8, 4) is 11.1 Å². The molecule has 0 atom stereocenters. The highest BCUT2D eigenvalue weighted by atomic mass is 35.5. The number of pyridine rings is 2. The summed E-state index contributed by atoms with van der Waals surface area (Å²) in [5, 5.41) is 3.11. The summed E-state index contributed by atoms with van der Waals surface area (Å²) in [5.41, 5.74) is 2.96. The van der Waals surface area contributed by atoms with Crippen LogP contribution in [0.3, 0.4) is 0 Å². The molecule has 1 fully saturated rings. The van der Waals surface area contributed by atoms with Gasteiger partial charge in [-0.2, -0.15) is 0 Å². The minimum Gasteiger partial charge on any atom is -0.367 e. The highest BCUT2D eigenvalue weighted by Gasteiger charge is 2.22. The SMILES string of the molecule is Fc1ccc(F)c(CN2CCNc3ncc(-c4ccnc(N5CCCC5)c4)cc32)c1Cl. The molecule has 0 saturated carbocycles. The molecule has 1 aromatic carbocycles. The lowest BCUT2D eigenvalue weighted by molar-refractivity contribution is 0.581. The molecule has 3 aromatic rings. The lowest BCUT2D eigenvalue weighted by Crippen LogP contribution is -2.34. The summed E-state index contributed by atoms with van der Waals surface area (Å²) in [6, 6.07) is 8.24. The van der Waals surface area contributed by atoms with Gasteiger partial charge < -0.3 is 15.1 Å². The van der Waals surface area contributed by atoms with Crippen LogP contribution in [0.25, 0.3) is 11.1 Å². The van der Waals surface area contributed by atoms with Gasteiger partial charge in [0, 0.05) is 56.2 Å². The van der Waals surface area contributed by atoms with Crippen molar-refractivity contribution in [3.63, 3.8) is 0 Å². The number of benzene rings is 1. The second-order valence-electron chi connectivity index (χ2n) is 7.86. The Morgan fingerprint density at radius 2 is 1.77 bits per heavy atom. The molecule has 160 valence electrons. The van der Waals surface area contributed by atoms with Crippen molar-refractivity contribution >= 4 is 28.9 Å². The summed E-state index contributed by atoms with van der Waals surface area (Å²) in [5.74, 6) is 0.555. The first-order valence-electron chi connectivity index (χ1n) is 10.4. The number of nitrogens with zero attached hydrogens (tertiary/aromatic N) is 4. The largest absolute Gasteiger partial charge is 0.367 e. The summed E-state index contributed by atoms with van der Waals surface area (Å²) in [6.45, 7) is 3.49. The molecular formula is C23H22ClF2N5. The predicted molar refractivity (Wildman–Crippen MR) is 120 cm³/mol. The molecule has 1 N–H and O–H groups in total. The highest BCUT2D eigenvalue weighted by molar-refractivity contribution is 6.31. The zero-order valence-corrected chi connectivity index (χ0v) is 17.7. The van der Waals surface area contributed by atoms with Gasteiger partial charge in [0.05, 0.1) is 10.7 Å². The van der Waals surface area contributed by atoms with E-state index >= 15 is 0 Å². The standard InChI is InChI=1S/C23H22ClF2N5/c24-22-17(18(25)3-4-19(22)26)14-31-10-7-28-23-20(31)11-16(13-29-23)15-5-6-27-21(12-15)30-8-1-2-9-30/h3-6,11-13H,1-2,7-10,14H2,(H,28,29). The highest BCUT2D eigenvalue weighted by Crippen LogP contribution is 2.35. The van der Waals surface area contributed by atoms with Crippen LogP contribution in [0.2, 0.25) is 5.02 Å². The third kappa shape index (κ3) is 3.90. The summed E-state index contributed by atoms with van der Waals surface area (Å²) in [7, 11) is 0. The molecule has 4 heterocycles. The first kappa shape index (κ1) is 20.0. The van der Waals surface area contributed by atoms with Crippen LogP contribution in [0.1, 0.15) is 18.4 Å². The molecule has 0 spiro atoms. The van der Waals surface area contributed by atoms with Gasteiger partial charge in [-0.15, -0.1) is 0 Å². The second-order valence-corrected chi connectivity index (χ2v) is 8.24. The van der Waals surface area contributed by atoms with Crippen molar-refractivity contribution in [1.82, 2.24) is 9.97 Å². The fraction of sp³-hybridized carbons (Fsp3) is 0.304. The molecule has 2 aliphatic rings. The third-order valence-electron chi connectivity index (χ3n) is 5.88. The van der Waals surface area contributed by atoms with Crippen LogP contribution in [-0.2, 0) is 6.54 Å². The predicted octanol–water partition coefficient (Wildman–Crippen LogP) is 5.11. The van der Waals surface area contributed by atoms with E-state index in [4.69, 9.17) is 11.6 Å². The molecule has 5 rings (SSSR count). The quantitative estimate of drug-likeness (QED) is 0.570. The van der Waals surface area contributed by atoms with Crippen LogP contribution in [0.15, 0.2) is 42.7 Å². The molecule has 8 heteroatoms. The number of anilines is 3. The van der Waals surface area contributed by atoms with Crippen molar-refractivity contribution < 1.29 is 8.78 Å². The van der Waals surface area contributed by atoms with E-state index in [1.807, 2.05) is 29.4 Å². The molecule has 0 aliphatic carbocycles. The van der Waals surface area contributed by atoms with Crippen LogP contribution < -0.4 is 15.1 Å². The van der Waals surface area contributed by atoms with Crippen LogP contribution in [-0.4, -0.2) is 36.1 Å². The summed E-state index contributed by atoms with van der Waals surface area (Å²) in [6.07, 6.45) is 6.02. The summed E-state index contributed by atoms with van der Waals surface area (Å²) in [4.78, 5) is 13.4. The van der Waals surface area contributed by atoms with Gasteiger partial charge in [-0.05, 0) is 48.7 Å². The molecule has 31 heavy (non-hydrogen) atoms. The van der Waals surface area contributed by atoms with Crippen LogP contribution in [0.4, 0.5) is 26.1 Å². The van der Waals surface area contributed by atoms with Gasteiger partial charge in [0.15, 0.2) is 0 Å². The molecule has 0 radical (unpaired) electrons. The smallest absolute Gasteiger partial charge is 0.149 e. The van der Waals surface area contributed by atoms with Gasteiger partial charge in [0.1, 0.15) is 23.3 Å². The van der Waals surface area contributed by atoms with E-state index in [9.17, 15) is 8.78 Å². The Kier molecular flexibility index (Phi) is 5.36. The second kappa shape index (κ2) is 8.30. The Labute approximate surface area is 184 Å². The lowest BCUT2D eigenvalue weighted by atomic mass is 10.1. The molecule has 0 bridgehead atoms. The number of fused-ring (bicyclic) bond motifs is 1. The van der Waals surface area contributed by atoms with E-state index in [-0.39, 0.29) is 17.1 Å². The van der Waals surface area contributed by atoms with Gasteiger partial charge in [-0.25, -0.2) is 18.7 Å². The minimum absolute atomic E-state index is 0.153. The van der Waals surface area contributed by atoms with Crippen LogP contribution in [0.5, 0.6) is 0 Å². The average Bonchev–Trinajstić information content (AvgIpc) is 3.34. The fourth-order valence-electron chi connectivity index (χ4n) is 4.20. The van der Waals surface area contributed by atoms with E-state index in [0.717, 1.165) is 53.7 Å². The van der Waals surface area contributed by atoms with Crippen molar-refractivity contribution in [2.45, 2.75) is 19.4 Å². The Morgan fingerprint density at radius 1 is 0.968 bits per heavy atom. The topological polar surface area (TPSA) is 44.3 Å². The number of hydrogen-bond donors (Lipinski definition) is 1. The fourth-order valence-corrected chi connectivity index (χ4v) is 4.42. The Balaban J connectivity index is 1.48. The van der Waals surface area contributed by atoms with E-state index < -0.39 is 11.6 Å². The molecule has 0 amide bonds. The normalized spacial score (nSPS) is 15.7. The Bertz CT molecular complexity index is 1120. The minimum atomic E-state index is -0.619. The van der Waals surface area contributed by atoms with Gasteiger partial charge in [-0.3, -0.25) is 0 Å². The Hall–Kier alpha value is -2.93. The maximum Gasteiger partial charge on any atom is 0.149 e. The van der Waals surface area contributed by atoms with Crippen LogP contribution >= 0.6 is 11.6 Å². The molecular weight excluding hydrogens is 420 g/mol. The summed E-state index contributed by atoms with van der Waals surface area (Å²) < 4.78 is 28.3. The van der Waals surface area contributed by atoms with Gasteiger partial charge in [0.2, 0.25) is 0 Å². The van der Waals surface area contributed by atoms with E-state index in [0.29, 0.717) is 13.1 Å². The number of nitrogens with one attached hydrogen (secondary N) is 1. The molecule has 2 aliphatic heterocycles. The lowest BCUT2D eigenvalue weighted by Gasteiger charge is -2.32. The van der Waals surface area contributed by atoms with Crippen molar-refractivity contribution in [2.24, 2.45) is 0 Å². The van der Waals surface area contributed by atoms with E-state index in [1.165, 1.54) is 12.8 Å².